The predicted molar refractivity (Wildman–Crippen MR) is 84.3 cm³/mol. The molecular formula is C14H22Cl2N2O2. The normalized spacial score (nSPS) is 14.8. The van der Waals surface area contributed by atoms with Gasteiger partial charge >= 0.3 is 0 Å². The molecule has 4 nitrogen and oxygen atoms in total. The fraction of sp³-hybridized carbons (Fsp3) is 0.500. The minimum atomic E-state index is -0.225. The van der Waals surface area contributed by atoms with Crippen molar-refractivity contribution in [3.8, 4) is 0 Å². The lowest BCUT2D eigenvalue weighted by Crippen LogP contribution is -2.40. The molecule has 3 N–H and O–H groups in total. The van der Waals surface area contributed by atoms with Crippen LogP contribution in [0.2, 0.25) is 5.02 Å². The summed E-state index contributed by atoms with van der Waals surface area (Å²) in [7, 11) is 1.60. The van der Waals surface area contributed by atoms with E-state index in [1.807, 2.05) is 25.1 Å². The van der Waals surface area contributed by atoms with Crippen LogP contribution in [0.1, 0.15) is 25.5 Å². The van der Waals surface area contributed by atoms with Gasteiger partial charge in [-0.25, -0.2) is 0 Å². The average Bonchev–Trinajstić information content (AvgIpc) is 2.38. The van der Waals surface area contributed by atoms with Crippen LogP contribution in [-0.2, 0) is 9.53 Å². The SMILES string of the molecule is COC(CNC(=O)C(C)C(C)N)c1cccc(Cl)c1.Cl. The highest BCUT2D eigenvalue weighted by atomic mass is 35.5. The number of methoxy groups -OCH3 is 1. The summed E-state index contributed by atoms with van der Waals surface area (Å²) in [5, 5.41) is 3.49. The molecule has 3 atom stereocenters. The fourth-order valence-electron chi connectivity index (χ4n) is 1.64. The summed E-state index contributed by atoms with van der Waals surface area (Å²) in [5.74, 6) is -0.295. The Balaban J connectivity index is 0.00000361. The Morgan fingerprint density at radius 2 is 2.10 bits per heavy atom. The van der Waals surface area contributed by atoms with Crippen molar-refractivity contribution < 1.29 is 9.53 Å². The van der Waals surface area contributed by atoms with Crippen LogP contribution < -0.4 is 11.1 Å². The monoisotopic (exact) mass is 320 g/mol. The van der Waals surface area contributed by atoms with Crippen molar-refractivity contribution >= 4 is 29.9 Å². The molecule has 1 rings (SSSR count). The molecule has 0 saturated carbocycles. The molecule has 0 fully saturated rings. The van der Waals surface area contributed by atoms with Crippen molar-refractivity contribution in [3.05, 3.63) is 34.9 Å². The number of carbonyl (C=O) groups excluding carboxylic acids is 1. The van der Waals surface area contributed by atoms with Gasteiger partial charge in [0.1, 0.15) is 0 Å². The number of benzene rings is 1. The molecule has 1 amide bonds. The van der Waals surface area contributed by atoms with E-state index >= 15 is 0 Å². The first-order chi connectivity index (χ1) is 8.95. The van der Waals surface area contributed by atoms with E-state index < -0.39 is 0 Å². The Hall–Kier alpha value is -0.810. The number of carbonyl (C=O) groups is 1. The highest BCUT2D eigenvalue weighted by Crippen LogP contribution is 2.19. The summed E-state index contributed by atoms with van der Waals surface area (Å²) >= 11 is 5.94. The third kappa shape index (κ3) is 5.67. The summed E-state index contributed by atoms with van der Waals surface area (Å²) in [4.78, 5) is 11.8. The van der Waals surface area contributed by atoms with Gasteiger partial charge in [-0.3, -0.25) is 4.79 Å². The number of rotatable bonds is 6. The number of halogens is 2. The molecule has 114 valence electrons. The maximum absolute atomic E-state index is 11.8. The molecule has 0 aromatic heterocycles. The van der Waals surface area contributed by atoms with Crippen molar-refractivity contribution in [3.63, 3.8) is 0 Å². The second-order valence-corrected chi connectivity index (χ2v) is 5.11. The Bertz CT molecular complexity index is 427. The largest absolute Gasteiger partial charge is 0.375 e. The first-order valence-corrected chi connectivity index (χ1v) is 6.65. The van der Waals surface area contributed by atoms with Gasteiger partial charge in [0.05, 0.1) is 6.10 Å². The van der Waals surface area contributed by atoms with E-state index in [1.165, 1.54) is 0 Å². The van der Waals surface area contributed by atoms with E-state index in [0.717, 1.165) is 5.56 Å². The molecule has 0 aliphatic carbocycles. The highest BCUT2D eigenvalue weighted by molar-refractivity contribution is 6.30. The van der Waals surface area contributed by atoms with E-state index in [9.17, 15) is 4.79 Å². The smallest absolute Gasteiger partial charge is 0.224 e. The highest BCUT2D eigenvalue weighted by Gasteiger charge is 2.19. The van der Waals surface area contributed by atoms with Gasteiger partial charge in [-0.2, -0.15) is 0 Å². The van der Waals surface area contributed by atoms with Gasteiger partial charge in [0, 0.05) is 30.6 Å². The molecule has 0 aliphatic heterocycles. The average molecular weight is 321 g/mol. The van der Waals surface area contributed by atoms with E-state index in [4.69, 9.17) is 22.1 Å². The number of nitrogens with one attached hydrogen (secondary N) is 1. The zero-order valence-corrected chi connectivity index (χ0v) is 13.5. The van der Waals surface area contributed by atoms with Gasteiger partial charge in [0.2, 0.25) is 5.91 Å². The summed E-state index contributed by atoms with van der Waals surface area (Å²) in [6.45, 7) is 4.02. The minimum Gasteiger partial charge on any atom is -0.375 e. The van der Waals surface area contributed by atoms with Crippen LogP contribution in [0.15, 0.2) is 24.3 Å². The van der Waals surface area contributed by atoms with Crippen molar-refractivity contribution in [2.45, 2.75) is 26.0 Å². The van der Waals surface area contributed by atoms with Gasteiger partial charge < -0.3 is 15.8 Å². The molecule has 3 unspecified atom stereocenters. The van der Waals surface area contributed by atoms with E-state index in [1.54, 1.807) is 20.1 Å². The third-order valence-electron chi connectivity index (χ3n) is 3.17. The maximum atomic E-state index is 11.8. The van der Waals surface area contributed by atoms with Gasteiger partial charge in [0.25, 0.3) is 0 Å². The molecule has 0 aliphatic rings. The number of nitrogens with two attached hydrogens (primary N) is 1. The van der Waals surface area contributed by atoms with Crippen molar-refractivity contribution in [1.29, 1.82) is 0 Å². The van der Waals surface area contributed by atoms with Crippen LogP contribution in [0, 0.1) is 5.92 Å². The van der Waals surface area contributed by atoms with E-state index in [2.05, 4.69) is 5.32 Å². The lowest BCUT2D eigenvalue weighted by molar-refractivity contribution is -0.125. The Morgan fingerprint density at radius 3 is 2.60 bits per heavy atom. The third-order valence-corrected chi connectivity index (χ3v) is 3.40. The molecule has 0 radical (unpaired) electrons. The lowest BCUT2D eigenvalue weighted by atomic mass is 10.0. The standard InChI is InChI=1S/C14H21ClN2O2.ClH/c1-9(10(2)16)14(18)17-8-13(19-3)11-5-4-6-12(15)7-11;/h4-7,9-10,13H,8,16H2,1-3H3,(H,17,18);1H. The Labute approximate surface area is 131 Å². The van der Waals surface area contributed by atoms with Crippen LogP contribution in [-0.4, -0.2) is 25.6 Å². The van der Waals surface area contributed by atoms with Crippen LogP contribution in [0.25, 0.3) is 0 Å². The molecule has 1 aromatic carbocycles. The van der Waals surface area contributed by atoms with Crippen LogP contribution in [0.5, 0.6) is 0 Å². The second-order valence-electron chi connectivity index (χ2n) is 4.67. The first-order valence-electron chi connectivity index (χ1n) is 6.27. The quantitative estimate of drug-likeness (QED) is 0.846. The first kappa shape index (κ1) is 19.2. The molecule has 20 heavy (non-hydrogen) atoms. The number of hydrogen-bond acceptors (Lipinski definition) is 3. The fourth-order valence-corrected chi connectivity index (χ4v) is 1.84. The van der Waals surface area contributed by atoms with Gasteiger partial charge in [-0.1, -0.05) is 30.7 Å². The molecular weight excluding hydrogens is 299 g/mol. The lowest BCUT2D eigenvalue weighted by Gasteiger charge is -2.20. The van der Waals surface area contributed by atoms with Crippen molar-refractivity contribution in [2.75, 3.05) is 13.7 Å². The zero-order chi connectivity index (χ0) is 14.4. The molecule has 6 heteroatoms. The molecule has 0 heterocycles. The molecule has 0 saturated heterocycles. The topological polar surface area (TPSA) is 64.3 Å². The van der Waals surface area contributed by atoms with Gasteiger partial charge in [-0.15, -0.1) is 12.4 Å². The summed E-state index contributed by atoms with van der Waals surface area (Å²) < 4.78 is 5.38. The molecule has 0 spiro atoms. The number of amides is 1. The Morgan fingerprint density at radius 1 is 1.45 bits per heavy atom. The van der Waals surface area contributed by atoms with Crippen molar-refractivity contribution in [1.82, 2.24) is 5.32 Å². The minimum absolute atomic E-state index is 0. The zero-order valence-electron chi connectivity index (χ0n) is 11.9. The van der Waals surface area contributed by atoms with Crippen LogP contribution in [0.4, 0.5) is 0 Å². The van der Waals surface area contributed by atoms with Crippen LogP contribution in [0.3, 0.4) is 0 Å². The van der Waals surface area contributed by atoms with Gasteiger partial charge in [0.15, 0.2) is 0 Å². The summed E-state index contributed by atoms with van der Waals surface area (Å²) in [6, 6.07) is 7.23. The maximum Gasteiger partial charge on any atom is 0.224 e. The van der Waals surface area contributed by atoms with Crippen molar-refractivity contribution in [2.24, 2.45) is 11.7 Å². The van der Waals surface area contributed by atoms with Gasteiger partial charge in [-0.05, 0) is 24.6 Å². The van der Waals surface area contributed by atoms with E-state index in [0.29, 0.717) is 11.6 Å². The number of hydrogen-bond donors (Lipinski definition) is 2. The predicted octanol–water partition coefficient (Wildman–Crippen LogP) is 2.55. The summed E-state index contributed by atoms with van der Waals surface area (Å²) in [5.41, 5.74) is 6.63. The second kappa shape index (κ2) is 9.19. The number of ether oxygens (including phenoxy) is 1. The molecule has 1 aromatic rings. The summed E-state index contributed by atoms with van der Waals surface area (Å²) in [6.07, 6.45) is -0.220. The molecule has 0 bridgehead atoms. The van der Waals surface area contributed by atoms with Crippen LogP contribution >= 0.6 is 24.0 Å². The van der Waals surface area contributed by atoms with E-state index in [-0.39, 0.29) is 36.4 Å². The Kier molecular flexibility index (Phi) is 8.81.